The van der Waals surface area contributed by atoms with Crippen LogP contribution in [0.25, 0.3) is 0 Å². The molecule has 0 aliphatic carbocycles. The van der Waals surface area contributed by atoms with E-state index in [4.69, 9.17) is 9.47 Å². The number of carbonyl (C=O) groups excluding carboxylic acids is 1. The molecule has 0 spiro atoms. The highest BCUT2D eigenvalue weighted by Gasteiger charge is 2.39. The topological polar surface area (TPSA) is 62.2 Å². The van der Waals surface area contributed by atoms with Crippen LogP contribution in [-0.2, 0) is 14.3 Å². The van der Waals surface area contributed by atoms with Crippen LogP contribution >= 0.6 is 0 Å². The van der Waals surface area contributed by atoms with Crippen LogP contribution in [0.15, 0.2) is 36.1 Å². The summed E-state index contributed by atoms with van der Waals surface area (Å²) in [5.74, 6) is -0.361. The average molecular weight is 406 g/mol. The molecule has 1 amide bonds. The fourth-order valence-corrected chi connectivity index (χ4v) is 3.99. The molecular weight excluding hydrogens is 375 g/mol. The molecule has 2 aliphatic heterocycles. The van der Waals surface area contributed by atoms with Crippen molar-refractivity contribution in [2.75, 3.05) is 46.4 Å². The number of likely N-dealkylation sites (N-methyl/N-ethyl adjacent to an activating group) is 1. The summed E-state index contributed by atoms with van der Waals surface area (Å²) in [5, 5.41) is 9.33. The molecule has 6 nitrogen and oxygen atoms in total. The summed E-state index contributed by atoms with van der Waals surface area (Å²) in [6.45, 7) is 5.38. The zero-order valence-electron chi connectivity index (χ0n) is 17.2. The van der Waals surface area contributed by atoms with E-state index in [-0.39, 0.29) is 30.2 Å². The Morgan fingerprint density at radius 2 is 1.93 bits per heavy atom. The van der Waals surface area contributed by atoms with Gasteiger partial charge in [0.25, 0.3) is 5.91 Å². The lowest BCUT2D eigenvalue weighted by Gasteiger charge is -2.39. The quantitative estimate of drug-likeness (QED) is 0.753. The van der Waals surface area contributed by atoms with Crippen molar-refractivity contribution in [2.45, 2.75) is 32.0 Å². The molecule has 2 aliphatic rings. The number of allylic oxidation sites excluding steroid dienone is 1. The molecular formula is C22H31FN2O4. The van der Waals surface area contributed by atoms with E-state index in [1.807, 2.05) is 24.9 Å². The van der Waals surface area contributed by atoms with Crippen molar-refractivity contribution in [3.05, 3.63) is 47.5 Å². The van der Waals surface area contributed by atoms with Crippen molar-refractivity contribution in [2.24, 2.45) is 5.92 Å². The molecule has 0 bridgehead atoms. The van der Waals surface area contributed by atoms with Crippen molar-refractivity contribution in [1.29, 1.82) is 0 Å². The molecule has 2 heterocycles. The van der Waals surface area contributed by atoms with Gasteiger partial charge in [0, 0.05) is 51.2 Å². The second-order valence-electron chi connectivity index (χ2n) is 7.68. The van der Waals surface area contributed by atoms with Gasteiger partial charge in [-0.25, -0.2) is 4.39 Å². The third-order valence-electron chi connectivity index (χ3n) is 5.67. The summed E-state index contributed by atoms with van der Waals surface area (Å²) in [7, 11) is 2.04. The van der Waals surface area contributed by atoms with Gasteiger partial charge >= 0.3 is 0 Å². The summed E-state index contributed by atoms with van der Waals surface area (Å²) < 4.78 is 25.4. The maximum atomic E-state index is 13.5. The number of rotatable bonds is 7. The lowest BCUT2D eigenvalue weighted by atomic mass is 9.80. The number of nitrogens with zero attached hydrogens (tertiary/aromatic N) is 2. The monoisotopic (exact) mass is 406 g/mol. The van der Waals surface area contributed by atoms with Gasteiger partial charge in [0.05, 0.1) is 0 Å². The zero-order valence-corrected chi connectivity index (χ0v) is 17.2. The fraction of sp³-hybridized carbons (Fsp3) is 0.591. The van der Waals surface area contributed by atoms with Crippen LogP contribution in [0.2, 0.25) is 0 Å². The number of hydrogen-bond acceptors (Lipinski definition) is 5. The minimum absolute atomic E-state index is 0.0717. The van der Waals surface area contributed by atoms with Gasteiger partial charge in [-0.2, -0.15) is 0 Å². The number of ether oxygens (including phenoxy) is 2. The molecule has 7 heteroatoms. The van der Waals surface area contributed by atoms with Crippen molar-refractivity contribution in [3.8, 4) is 0 Å². The number of aliphatic hydroxyl groups is 1. The molecule has 0 aromatic heterocycles. The van der Waals surface area contributed by atoms with E-state index >= 15 is 0 Å². The standard InChI is InChI=1S/C22H31FN2O4/c1-3-28-22-18(5-4-14-26)19(16-6-8-17(23)9-7-16)15-20(29-22)21(27)25-12-10-24(2)11-13-25/h6-9,15,18-19,22,26H,3-5,10-14H2,1-2H3/t18-,19-,22-/m0/s1. The molecule has 1 fully saturated rings. The minimum Gasteiger partial charge on any atom is -0.459 e. The van der Waals surface area contributed by atoms with Gasteiger partial charge in [0.2, 0.25) is 6.29 Å². The predicted molar refractivity (Wildman–Crippen MR) is 108 cm³/mol. The third-order valence-corrected chi connectivity index (χ3v) is 5.67. The van der Waals surface area contributed by atoms with E-state index < -0.39 is 6.29 Å². The molecule has 3 atom stereocenters. The molecule has 3 rings (SSSR count). The van der Waals surface area contributed by atoms with Crippen LogP contribution in [-0.4, -0.2) is 73.5 Å². The average Bonchev–Trinajstić information content (AvgIpc) is 2.73. The van der Waals surface area contributed by atoms with Crippen LogP contribution in [0, 0.1) is 11.7 Å². The molecule has 0 saturated carbocycles. The SMILES string of the molecule is CCO[C@H]1OC(C(=O)N2CCN(C)CC2)=C[C@@H](c2ccc(F)cc2)[C@@H]1CCCO. The maximum absolute atomic E-state index is 13.5. The Labute approximate surface area is 171 Å². The van der Waals surface area contributed by atoms with Crippen molar-refractivity contribution < 1.29 is 23.8 Å². The molecule has 1 aromatic carbocycles. The summed E-state index contributed by atoms with van der Waals surface area (Å²) in [4.78, 5) is 17.1. The first-order valence-electron chi connectivity index (χ1n) is 10.4. The Kier molecular flexibility index (Phi) is 7.64. The van der Waals surface area contributed by atoms with E-state index in [9.17, 15) is 14.3 Å². The van der Waals surface area contributed by atoms with Gasteiger partial charge < -0.3 is 24.4 Å². The highest BCUT2D eigenvalue weighted by molar-refractivity contribution is 5.92. The molecule has 1 N–H and O–H groups in total. The Bertz CT molecular complexity index is 701. The van der Waals surface area contributed by atoms with Gasteiger partial charge in [-0.1, -0.05) is 12.1 Å². The first-order valence-corrected chi connectivity index (χ1v) is 10.4. The lowest BCUT2D eigenvalue weighted by Crippen LogP contribution is -2.49. The van der Waals surface area contributed by atoms with Gasteiger partial charge in [0.1, 0.15) is 5.82 Å². The number of halogens is 1. The fourth-order valence-electron chi connectivity index (χ4n) is 3.99. The van der Waals surface area contributed by atoms with Crippen molar-refractivity contribution in [1.82, 2.24) is 9.80 Å². The molecule has 0 unspecified atom stereocenters. The molecule has 0 radical (unpaired) electrons. The smallest absolute Gasteiger partial charge is 0.288 e. The van der Waals surface area contributed by atoms with E-state index in [0.717, 1.165) is 18.7 Å². The Hall–Kier alpha value is -1.96. The highest BCUT2D eigenvalue weighted by atomic mass is 19.1. The van der Waals surface area contributed by atoms with E-state index in [0.29, 0.717) is 38.3 Å². The number of aliphatic hydroxyl groups excluding tert-OH is 1. The Morgan fingerprint density at radius 3 is 2.55 bits per heavy atom. The van der Waals surface area contributed by atoms with Crippen molar-refractivity contribution >= 4 is 5.91 Å². The largest absolute Gasteiger partial charge is 0.459 e. The summed E-state index contributed by atoms with van der Waals surface area (Å²) >= 11 is 0. The van der Waals surface area contributed by atoms with Gasteiger partial charge in [0.15, 0.2) is 5.76 Å². The summed E-state index contributed by atoms with van der Waals surface area (Å²) in [6.07, 6.45) is 2.55. The summed E-state index contributed by atoms with van der Waals surface area (Å²) in [6, 6.07) is 6.35. The number of benzene rings is 1. The van der Waals surface area contributed by atoms with E-state index in [2.05, 4.69) is 4.90 Å². The van der Waals surface area contributed by atoms with Gasteiger partial charge in [-0.05, 0) is 50.6 Å². The number of piperazine rings is 1. The number of carbonyl (C=O) groups is 1. The number of amides is 1. The number of hydrogen-bond donors (Lipinski definition) is 1. The molecule has 1 saturated heterocycles. The second-order valence-corrected chi connectivity index (χ2v) is 7.68. The van der Waals surface area contributed by atoms with E-state index in [1.54, 1.807) is 12.1 Å². The second kappa shape index (κ2) is 10.2. The van der Waals surface area contributed by atoms with Crippen LogP contribution in [0.3, 0.4) is 0 Å². The zero-order chi connectivity index (χ0) is 20.8. The molecule has 29 heavy (non-hydrogen) atoms. The van der Waals surface area contributed by atoms with Gasteiger partial charge in [-0.3, -0.25) is 4.79 Å². The lowest BCUT2D eigenvalue weighted by molar-refractivity contribution is -0.170. The molecule has 160 valence electrons. The van der Waals surface area contributed by atoms with Crippen molar-refractivity contribution in [3.63, 3.8) is 0 Å². The minimum atomic E-state index is -0.585. The maximum Gasteiger partial charge on any atom is 0.288 e. The third kappa shape index (κ3) is 5.35. The Balaban J connectivity index is 1.90. The van der Waals surface area contributed by atoms with Crippen LogP contribution in [0.1, 0.15) is 31.2 Å². The van der Waals surface area contributed by atoms with Crippen LogP contribution in [0.5, 0.6) is 0 Å². The van der Waals surface area contributed by atoms with Crippen LogP contribution < -0.4 is 0 Å². The van der Waals surface area contributed by atoms with Crippen LogP contribution in [0.4, 0.5) is 4.39 Å². The first kappa shape index (κ1) is 21.7. The van der Waals surface area contributed by atoms with Gasteiger partial charge in [-0.15, -0.1) is 0 Å². The molecule has 1 aromatic rings. The normalized spacial score (nSPS) is 25.4. The van der Waals surface area contributed by atoms with E-state index in [1.165, 1.54) is 12.1 Å². The summed E-state index contributed by atoms with van der Waals surface area (Å²) in [5.41, 5.74) is 0.908. The highest BCUT2D eigenvalue weighted by Crippen LogP contribution is 2.39. The Morgan fingerprint density at radius 1 is 1.24 bits per heavy atom. The predicted octanol–water partition coefficient (Wildman–Crippen LogP) is 2.35. The first-order chi connectivity index (χ1) is 14.0.